The average Bonchev–Trinajstić information content (AvgIpc) is 2.98. The fourth-order valence-electron chi connectivity index (χ4n) is 3.58. The molecule has 2 amide bonds. The second-order valence-electron chi connectivity index (χ2n) is 7.94. The molecule has 0 aliphatic carbocycles. The number of hydrogen-bond acceptors (Lipinski definition) is 3. The smallest absolute Gasteiger partial charge is 0.282 e. The second-order valence-corrected chi connectivity index (χ2v) is 7.94. The second kappa shape index (κ2) is 8.19. The van der Waals surface area contributed by atoms with E-state index in [4.69, 9.17) is 0 Å². The molecule has 0 fully saturated rings. The fourth-order valence-corrected chi connectivity index (χ4v) is 3.58. The zero-order chi connectivity index (χ0) is 22.1. The maximum absolute atomic E-state index is 13.8. The number of carbonyl (C=O) groups is 2. The SMILES string of the molecule is Cc1ccc(C2=C(Nc3ccc(C(C)C)cc3)C(=O)N(c3cccc(F)c3)C2=O)cc1. The van der Waals surface area contributed by atoms with Crippen molar-refractivity contribution in [3.63, 3.8) is 0 Å². The van der Waals surface area contributed by atoms with Crippen LogP contribution < -0.4 is 10.2 Å². The molecule has 0 saturated carbocycles. The maximum atomic E-state index is 13.8. The van der Waals surface area contributed by atoms with Crippen molar-refractivity contribution in [1.82, 2.24) is 0 Å². The number of amides is 2. The Kier molecular flexibility index (Phi) is 5.42. The quantitative estimate of drug-likeness (QED) is 0.549. The molecule has 1 N–H and O–H groups in total. The molecule has 0 aromatic heterocycles. The molecular weight excluding hydrogens is 391 g/mol. The zero-order valence-electron chi connectivity index (χ0n) is 17.6. The van der Waals surface area contributed by atoms with E-state index in [1.54, 1.807) is 6.07 Å². The summed E-state index contributed by atoms with van der Waals surface area (Å²) in [5, 5.41) is 3.14. The molecule has 1 aliphatic rings. The molecule has 0 spiro atoms. The predicted octanol–water partition coefficient (Wildman–Crippen LogP) is 5.65. The lowest BCUT2D eigenvalue weighted by atomic mass is 10.0. The van der Waals surface area contributed by atoms with Crippen molar-refractivity contribution in [2.45, 2.75) is 26.7 Å². The van der Waals surface area contributed by atoms with Crippen LogP contribution in [0.1, 0.15) is 36.5 Å². The molecule has 31 heavy (non-hydrogen) atoms. The van der Waals surface area contributed by atoms with Gasteiger partial charge in [0.1, 0.15) is 11.5 Å². The molecule has 0 saturated heterocycles. The van der Waals surface area contributed by atoms with Crippen LogP contribution in [0.15, 0.2) is 78.5 Å². The molecule has 1 aliphatic heterocycles. The summed E-state index contributed by atoms with van der Waals surface area (Å²) in [6.45, 7) is 6.17. The van der Waals surface area contributed by atoms with Crippen molar-refractivity contribution in [2.24, 2.45) is 0 Å². The van der Waals surface area contributed by atoms with E-state index < -0.39 is 17.6 Å². The van der Waals surface area contributed by atoms with Gasteiger partial charge in [-0.2, -0.15) is 0 Å². The number of nitrogens with one attached hydrogen (secondary N) is 1. The number of anilines is 2. The molecule has 0 unspecified atom stereocenters. The minimum Gasteiger partial charge on any atom is -0.350 e. The standard InChI is InChI=1S/C26H23FN2O2/c1-16(2)18-11-13-21(14-12-18)28-24-23(19-9-7-17(3)8-10-19)25(30)29(26(24)31)22-6-4-5-20(27)15-22/h4-16,28H,1-3H3. The van der Waals surface area contributed by atoms with Gasteiger partial charge >= 0.3 is 0 Å². The van der Waals surface area contributed by atoms with Crippen LogP contribution in [0.2, 0.25) is 0 Å². The minimum absolute atomic E-state index is 0.176. The van der Waals surface area contributed by atoms with Crippen LogP contribution in [0.3, 0.4) is 0 Å². The van der Waals surface area contributed by atoms with Gasteiger partial charge in [0.15, 0.2) is 0 Å². The summed E-state index contributed by atoms with van der Waals surface area (Å²) < 4.78 is 13.8. The van der Waals surface area contributed by atoms with Crippen molar-refractivity contribution < 1.29 is 14.0 Å². The molecule has 1 heterocycles. The zero-order valence-corrected chi connectivity index (χ0v) is 17.6. The van der Waals surface area contributed by atoms with Crippen LogP contribution in [-0.2, 0) is 9.59 Å². The van der Waals surface area contributed by atoms with Crippen LogP contribution in [0.5, 0.6) is 0 Å². The van der Waals surface area contributed by atoms with Crippen molar-refractivity contribution in [3.05, 3.63) is 101 Å². The number of benzene rings is 3. The van der Waals surface area contributed by atoms with Crippen LogP contribution in [-0.4, -0.2) is 11.8 Å². The third-order valence-electron chi connectivity index (χ3n) is 5.34. The average molecular weight is 414 g/mol. The Morgan fingerprint density at radius 3 is 2.16 bits per heavy atom. The van der Waals surface area contributed by atoms with Crippen molar-refractivity contribution in [2.75, 3.05) is 10.2 Å². The molecular formula is C26H23FN2O2. The number of rotatable bonds is 5. The third kappa shape index (κ3) is 3.99. The lowest BCUT2D eigenvalue weighted by Crippen LogP contribution is -2.32. The first-order chi connectivity index (χ1) is 14.8. The minimum atomic E-state index is -0.515. The Bertz CT molecular complexity index is 1180. The number of halogens is 1. The van der Waals surface area contributed by atoms with E-state index in [0.717, 1.165) is 10.5 Å². The highest BCUT2D eigenvalue weighted by Crippen LogP contribution is 2.34. The van der Waals surface area contributed by atoms with E-state index in [-0.39, 0.29) is 17.0 Å². The van der Waals surface area contributed by atoms with Gasteiger partial charge in [0.2, 0.25) is 0 Å². The van der Waals surface area contributed by atoms with Gasteiger partial charge in [-0.25, -0.2) is 9.29 Å². The molecule has 0 bridgehead atoms. The summed E-state index contributed by atoms with van der Waals surface area (Å²) in [6, 6.07) is 20.6. The molecule has 4 rings (SSSR count). The van der Waals surface area contributed by atoms with Gasteiger partial charge in [0.05, 0.1) is 11.3 Å². The Hall–Kier alpha value is -3.73. The van der Waals surface area contributed by atoms with E-state index in [9.17, 15) is 14.0 Å². The van der Waals surface area contributed by atoms with Crippen molar-refractivity contribution >= 4 is 28.8 Å². The number of nitrogens with zero attached hydrogens (tertiary/aromatic N) is 1. The molecule has 5 heteroatoms. The monoisotopic (exact) mass is 414 g/mol. The van der Waals surface area contributed by atoms with Gasteiger partial charge in [-0.3, -0.25) is 9.59 Å². The highest BCUT2D eigenvalue weighted by molar-refractivity contribution is 6.46. The molecule has 0 radical (unpaired) electrons. The first-order valence-electron chi connectivity index (χ1n) is 10.2. The Morgan fingerprint density at radius 1 is 0.871 bits per heavy atom. The number of aryl methyl sites for hydroxylation is 1. The molecule has 0 atom stereocenters. The molecule has 3 aromatic rings. The van der Waals surface area contributed by atoms with Crippen LogP contribution in [0.4, 0.5) is 15.8 Å². The first-order valence-corrected chi connectivity index (χ1v) is 10.2. The summed E-state index contributed by atoms with van der Waals surface area (Å²) in [6.07, 6.45) is 0. The maximum Gasteiger partial charge on any atom is 0.282 e. The van der Waals surface area contributed by atoms with Crippen LogP contribution in [0, 0.1) is 12.7 Å². The van der Waals surface area contributed by atoms with E-state index in [1.165, 1.54) is 23.8 Å². The molecule has 3 aromatic carbocycles. The van der Waals surface area contributed by atoms with Crippen LogP contribution in [0.25, 0.3) is 5.57 Å². The van der Waals surface area contributed by atoms with Gasteiger partial charge in [-0.05, 0) is 54.3 Å². The third-order valence-corrected chi connectivity index (χ3v) is 5.34. The van der Waals surface area contributed by atoms with Gasteiger partial charge in [0, 0.05) is 5.69 Å². The summed E-state index contributed by atoms with van der Waals surface area (Å²) >= 11 is 0. The summed E-state index contributed by atoms with van der Waals surface area (Å²) in [5.41, 5.74) is 4.19. The molecule has 4 nitrogen and oxygen atoms in total. The largest absolute Gasteiger partial charge is 0.350 e. The number of imide groups is 1. The number of hydrogen-bond donors (Lipinski definition) is 1. The summed E-state index contributed by atoms with van der Waals surface area (Å²) in [7, 11) is 0. The van der Waals surface area contributed by atoms with Crippen LogP contribution >= 0.6 is 0 Å². The van der Waals surface area contributed by atoms with E-state index in [0.29, 0.717) is 17.2 Å². The van der Waals surface area contributed by atoms with E-state index in [1.807, 2.05) is 55.5 Å². The van der Waals surface area contributed by atoms with E-state index in [2.05, 4.69) is 19.2 Å². The highest BCUT2D eigenvalue weighted by atomic mass is 19.1. The van der Waals surface area contributed by atoms with Gasteiger partial charge in [0.25, 0.3) is 11.8 Å². The van der Waals surface area contributed by atoms with Gasteiger partial charge in [-0.15, -0.1) is 0 Å². The number of carbonyl (C=O) groups excluding carboxylic acids is 2. The summed E-state index contributed by atoms with van der Waals surface area (Å²) in [4.78, 5) is 27.7. The molecule has 156 valence electrons. The van der Waals surface area contributed by atoms with Crippen molar-refractivity contribution in [1.29, 1.82) is 0 Å². The summed E-state index contributed by atoms with van der Waals surface area (Å²) in [5.74, 6) is -1.13. The Morgan fingerprint density at radius 2 is 1.55 bits per heavy atom. The Balaban J connectivity index is 1.78. The van der Waals surface area contributed by atoms with Crippen molar-refractivity contribution in [3.8, 4) is 0 Å². The highest BCUT2D eigenvalue weighted by Gasteiger charge is 2.40. The lowest BCUT2D eigenvalue weighted by Gasteiger charge is -2.15. The first kappa shape index (κ1) is 20.5. The lowest BCUT2D eigenvalue weighted by molar-refractivity contribution is -0.120. The fraction of sp³-hybridized carbons (Fsp3) is 0.154. The normalized spacial score (nSPS) is 14.0. The van der Waals surface area contributed by atoms with Gasteiger partial charge < -0.3 is 5.32 Å². The Labute approximate surface area is 181 Å². The predicted molar refractivity (Wildman–Crippen MR) is 121 cm³/mol. The topological polar surface area (TPSA) is 49.4 Å². The van der Waals surface area contributed by atoms with E-state index >= 15 is 0 Å². The van der Waals surface area contributed by atoms with Gasteiger partial charge in [-0.1, -0.05) is 61.9 Å².